The van der Waals surface area contributed by atoms with Crippen molar-refractivity contribution in [2.75, 3.05) is 91.3 Å². The highest BCUT2D eigenvalue weighted by atomic mass is 32.2. The van der Waals surface area contributed by atoms with Gasteiger partial charge in [-0.1, -0.05) is 38.5 Å². The predicted molar refractivity (Wildman–Crippen MR) is 236 cm³/mol. The molecule has 0 aromatic heterocycles. The fraction of sp³-hybridized carbons (Fsp3) is 0.780. The van der Waals surface area contributed by atoms with Crippen molar-refractivity contribution < 1.29 is 62.1 Å². The van der Waals surface area contributed by atoms with Gasteiger partial charge in [-0.05, 0) is 51.4 Å². The SMILES string of the molecule is CC(=O)SCC(=O)NCCCC[C@@H](NC(=O)CCCC(=O)NCCOCCOCC(=O)NCCOCCOCC(=O)NCCCC[C@H](C)C(N)=O)C(=O)NCCCC[C@@H](C)C(N)=O. The van der Waals surface area contributed by atoms with E-state index in [2.05, 4.69) is 31.9 Å². The maximum Gasteiger partial charge on any atom is 0.246 e. The van der Waals surface area contributed by atoms with E-state index in [1.54, 1.807) is 13.8 Å². The second kappa shape index (κ2) is 39.2. The summed E-state index contributed by atoms with van der Waals surface area (Å²) in [5.41, 5.74) is 10.5. The maximum absolute atomic E-state index is 13.0. The van der Waals surface area contributed by atoms with Crippen LogP contribution in [0.5, 0.6) is 0 Å². The van der Waals surface area contributed by atoms with E-state index in [1.165, 1.54) is 6.92 Å². The van der Waals surface area contributed by atoms with Gasteiger partial charge in [0.15, 0.2) is 5.12 Å². The van der Waals surface area contributed by atoms with Gasteiger partial charge in [-0.3, -0.25) is 43.2 Å². The molecule has 0 aromatic carbocycles. The summed E-state index contributed by atoms with van der Waals surface area (Å²) < 4.78 is 21.4. The number of ether oxygens (including phenoxy) is 4. The highest BCUT2D eigenvalue weighted by Gasteiger charge is 2.20. The minimum absolute atomic E-state index is 0.0290. The van der Waals surface area contributed by atoms with Crippen LogP contribution in [-0.2, 0) is 62.1 Å². The molecule has 22 heteroatoms. The molecule has 63 heavy (non-hydrogen) atoms. The van der Waals surface area contributed by atoms with E-state index in [1.807, 2.05) is 0 Å². The molecule has 0 aromatic rings. The van der Waals surface area contributed by atoms with Crippen LogP contribution >= 0.6 is 11.8 Å². The molecule has 0 unspecified atom stereocenters. The molecule has 0 rings (SSSR count). The zero-order valence-corrected chi connectivity index (χ0v) is 38.3. The summed E-state index contributed by atoms with van der Waals surface area (Å²) >= 11 is 0.921. The molecule has 0 spiro atoms. The molecule has 0 bridgehead atoms. The van der Waals surface area contributed by atoms with Crippen LogP contribution < -0.4 is 43.4 Å². The van der Waals surface area contributed by atoms with E-state index >= 15 is 0 Å². The number of primary amides is 2. The van der Waals surface area contributed by atoms with Crippen LogP contribution in [0.1, 0.15) is 97.8 Å². The number of hydrogen-bond acceptors (Lipinski definition) is 14. The van der Waals surface area contributed by atoms with E-state index in [4.69, 9.17) is 30.4 Å². The number of rotatable bonds is 41. The van der Waals surface area contributed by atoms with Crippen LogP contribution in [-0.4, -0.2) is 150 Å². The van der Waals surface area contributed by atoms with Crippen molar-refractivity contribution in [3.63, 3.8) is 0 Å². The molecular weight excluding hydrogens is 845 g/mol. The minimum Gasteiger partial charge on any atom is -0.377 e. The molecule has 10 N–H and O–H groups in total. The van der Waals surface area contributed by atoms with Gasteiger partial charge in [0.2, 0.25) is 47.3 Å². The highest BCUT2D eigenvalue weighted by molar-refractivity contribution is 8.14. The lowest BCUT2D eigenvalue weighted by molar-refractivity contribution is -0.129. The maximum atomic E-state index is 13.0. The van der Waals surface area contributed by atoms with Crippen molar-refractivity contribution in [1.82, 2.24) is 31.9 Å². The molecule has 0 saturated carbocycles. The van der Waals surface area contributed by atoms with Crippen molar-refractivity contribution in [2.45, 2.75) is 104 Å². The van der Waals surface area contributed by atoms with Crippen LogP contribution in [0.2, 0.25) is 0 Å². The van der Waals surface area contributed by atoms with E-state index in [9.17, 15) is 43.2 Å². The first-order valence-electron chi connectivity index (χ1n) is 21.8. The summed E-state index contributed by atoms with van der Waals surface area (Å²) in [6, 6.07) is -0.810. The summed E-state index contributed by atoms with van der Waals surface area (Å²) in [6.45, 7) is 7.70. The van der Waals surface area contributed by atoms with Crippen LogP contribution in [0.15, 0.2) is 0 Å². The quantitative estimate of drug-likeness (QED) is 0.0353. The number of amides is 8. The molecule has 0 radical (unpaired) electrons. The lowest BCUT2D eigenvalue weighted by Gasteiger charge is -2.19. The van der Waals surface area contributed by atoms with Gasteiger partial charge in [0.1, 0.15) is 19.3 Å². The number of carbonyl (C=O) groups excluding carboxylic acids is 9. The van der Waals surface area contributed by atoms with Gasteiger partial charge in [0, 0.05) is 64.3 Å². The van der Waals surface area contributed by atoms with Gasteiger partial charge in [0.25, 0.3) is 0 Å². The van der Waals surface area contributed by atoms with Crippen molar-refractivity contribution >= 4 is 64.1 Å². The summed E-state index contributed by atoms with van der Waals surface area (Å²) in [6.07, 6.45) is 5.95. The fourth-order valence-corrected chi connectivity index (χ4v) is 5.78. The Bertz CT molecular complexity index is 1380. The first-order valence-corrected chi connectivity index (χ1v) is 22.8. The smallest absolute Gasteiger partial charge is 0.246 e. The van der Waals surface area contributed by atoms with Gasteiger partial charge in [0.05, 0.1) is 45.4 Å². The molecule has 0 fully saturated rings. The summed E-state index contributed by atoms with van der Waals surface area (Å²) in [7, 11) is 0. The Morgan fingerprint density at radius 1 is 0.476 bits per heavy atom. The van der Waals surface area contributed by atoms with Crippen LogP contribution in [0.4, 0.5) is 0 Å². The lowest BCUT2D eigenvalue weighted by atomic mass is 10.0. The second-order valence-electron chi connectivity index (χ2n) is 14.9. The third kappa shape index (κ3) is 37.9. The molecule has 21 nitrogen and oxygen atoms in total. The van der Waals surface area contributed by atoms with E-state index in [0.717, 1.165) is 24.6 Å². The van der Waals surface area contributed by atoms with E-state index in [0.29, 0.717) is 64.6 Å². The number of nitrogens with two attached hydrogens (primary N) is 2. The Balaban J connectivity index is 4.08. The van der Waals surface area contributed by atoms with Crippen molar-refractivity contribution in [1.29, 1.82) is 0 Å². The van der Waals surface area contributed by atoms with Gasteiger partial charge in [-0.25, -0.2) is 0 Å². The second-order valence-corrected chi connectivity index (χ2v) is 16.0. The zero-order chi connectivity index (χ0) is 47.1. The Hall–Kier alpha value is -4.38. The third-order valence-corrected chi connectivity index (χ3v) is 9.99. The molecule has 8 amide bonds. The topological polar surface area (TPSA) is 315 Å². The molecule has 3 atom stereocenters. The number of thioether (sulfide) groups is 1. The third-order valence-electron chi connectivity index (χ3n) is 9.18. The molecule has 0 saturated heterocycles. The summed E-state index contributed by atoms with van der Waals surface area (Å²) in [4.78, 5) is 107. The lowest BCUT2D eigenvalue weighted by Crippen LogP contribution is -2.47. The molecule has 0 aliphatic rings. The number of hydrogen-bond donors (Lipinski definition) is 8. The highest BCUT2D eigenvalue weighted by Crippen LogP contribution is 2.08. The number of carbonyl (C=O) groups is 9. The van der Waals surface area contributed by atoms with Gasteiger partial charge < -0.3 is 62.3 Å². The number of unbranched alkanes of at least 4 members (excludes halogenated alkanes) is 3. The van der Waals surface area contributed by atoms with Crippen molar-refractivity contribution in [3.05, 3.63) is 0 Å². The zero-order valence-electron chi connectivity index (χ0n) is 37.5. The molecule has 0 heterocycles. The van der Waals surface area contributed by atoms with Gasteiger partial charge in [-0.15, -0.1) is 0 Å². The fourth-order valence-electron chi connectivity index (χ4n) is 5.35. The minimum atomic E-state index is -0.810. The normalized spacial score (nSPS) is 12.3. The van der Waals surface area contributed by atoms with Crippen molar-refractivity contribution in [2.24, 2.45) is 23.3 Å². The number of nitrogens with one attached hydrogen (secondary N) is 6. The average molecular weight is 919 g/mol. The Kier molecular flexibility index (Phi) is 36.5. The van der Waals surface area contributed by atoms with Crippen LogP contribution in [0.25, 0.3) is 0 Å². The van der Waals surface area contributed by atoms with E-state index < -0.39 is 6.04 Å². The van der Waals surface area contributed by atoms with Crippen LogP contribution in [0, 0.1) is 11.8 Å². The van der Waals surface area contributed by atoms with Crippen molar-refractivity contribution in [3.8, 4) is 0 Å². The largest absolute Gasteiger partial charge is 0.377 e. The monoisotopic (exact) mass is 919 g/mol. The van der Waals surface area contributed by atoms with Gasteiger partial charge >= 0.3 is 0 Å². The van der Waals surface area contributed by atoms with Crippen LogP contribution in [0.3, 0.4) is 0 Å². The predicted octanol–water partition coefficient (Wildman–Crippen LogP) is -0.678. The van der Waals surface area contributed by atoms with E-state index in [-0.39, 0.29) is 155 Å². The first-order chi connectivity index (χ1) is 30.1. The Labute approximate surface area is 375 Å². The molecule has 0 aliphatic carbocycles. The van der Waals surface area contributed by atoms with Gasteiger partial charge in [-0.2, -0.15) is 0 Å². The molecule has 0 aliphatic heterocycles. The Morgan fingerprint density at radius 2 is 0.905 bits per heavy atom. The standard InChI is InChI=1S/C41H74N8O13S/c1-30(39(42)56)11-4-7-16-44-36(53)27-61-25-24-60-22-20-47-37(54)28-62-26-23-59-21-19-46-34(51)14-10-15-35(52)49-33(13-6-9-17-45-38(55)29-63-32(3)50)41(58)48-18-8-5-12-31(2)40(43)57/h30-31,33H,4-29H2,1-3H3,(H2,42,56)(H2,43,57)(H,44,53)(H,45,55)(H,46,51)(H,47,54)(H,48,58)(H,49,52)/t30-,31+,33+/m0/s1. The molecular formula is C41H74N8O13S. The first kappa shape index (κ1) is 58.6. The summed E-state index contributed by atoms with van der Waals surface area (Å²) in [5, 5.41) is 16.3. The summed E-state index contributed by atoms with van der Waals surface area (Å²) in [5.74, 6) is -2.91. The Morgan fingerprint density at radius 3 is 1.41 bits per heavy atom. The molecule has 362 valence electrons. The average Bonchev–Trinajstić information content (AvgIpc) is 3.23.